The summed E-state index contributed by atoms with van der Waals surface area (Å²) < 4.78 is 1.25. The van der Waals surface area contributed by atoms with E-state index in [1.165, 1.54) is 36.5 Å². The molecule has 0 aliphatic carbocycles. The van der Waals surface area contributed by atoms with Crippen molar-refractivity contribution >= 4 is 46.4 Å². The minimum absolute atomic E-state index is 0.122. The van der Waals surface area contributed by atoms with Crippen LogP contribution in [0.2, 0.25) is 10.0 Å². The van der Waals surface area contributed by atoms with Crippen molar-refractivity contribution in [2.75, 3.05) is 18.9 Å². The van der Waals surface area contributed by atoms with Gasteiger partial charge in [-0.15, -0.1) is 0 Å². The lowest BCUT2D eigenvalue weighted by Crippen LogP contribution is -2.37. The number of carbonyl (C=O) groups is 2. The third-order valence-corrected chi connectivity index (χ3v) is 4.56. The summed E-state index contributed by atoms with van der Waals surface area (Å²) in [6, 6.07) is 4.63. The van der Waals surface area contributed by atoms with Crippen molar-refractivity contribution < 1.29 is 14.5 Å². The topological polar surface area (TPSA) is 110 Å². The number of halogens is 2. The molecule has 0 saturated heterocycles. The van der Waals surface area contributed by atoms with E-state index in [9.17, 15) is 19.7 Å². The molecule has 1 N–H and O–H groups in total. The van der Waals surface area contributed by atoms with Gasteiger partial charge in [0.15, 0.2) is 0 Å². The zero-order valence-corrected chi connectivity index (χ0v) is 16.3. The third kappa shape index (κ3) is 4.95. The number of anilines is 1. The summed E-state index contributed by atoms with van der Waals surface area (Å²) in [4.78, 5) is 36.1. The second-order valence-electron chi connectivity index (χ2n) is 5.86. The smallest absolute Gasteiger partial charge is 0.312 e. The minimum atomic E-state index is -0.535. The SMILES string of the molecule is Cc1nn(CC(=O)N(C)CC(=O)Nc2ccc(Cl)c(Cl)c2)c(C)c1[N+](=O)[O-]. The number of nitrogens with one attached hydrogen (secondary N) is 1. The number of hydrogen-bond donors (Lipinski definition) is 1. The van der Waals surface area contributed by atoms with Gasteiger partial charge in [0.05, 0.1) is 21.5 Å². The fraction of sp³-hybridized carbons (Fsp3) is 0.312. The highest BCUT2D eigenvalue weighted by Crippen LogP contribution is 2.25. The molecular weight excluding hydrogens is 397 g/mol. The first-order valence-corrected chi connectivity index (χ1v) is 8.53. The number of hydrogen-bond acceptors (Lipinski definition) is 5. The quantitative estimate of drug-likeness (QED) is 0.577. The molecule has 0 fully saturated rings. The molecule has 2 rings (SSSR count). The standard InChI is InChI=1S/C16H17Cl2N5O4/c1-9-16(23(26)27)10(2)22(20-9)8-15(25)21(3)7-14(24)19-11-4-5-12(17)13(18)6-11/h4-6H,7-8H2,1-3H3,(H,19,24). The zero-order valence-electron chi connectivity index (χ0n) is 14.8. The summed E-state index contributed by atoms with van der Waals surface area (Å²) >= 11 is 11.7. The van der Waals surface area contributed by atoms with Crippen LogP contribution in [0.4, 0.5) is 11.4 Å². The van der Waals surface area contributed by atoms with Crippen molar-refractivity contribution in [2.24, 2.45) is 0 Å². The Kier molecular flexibility index (Phi) is 6.40. The summed E-state index contributed by atoms with van der Waals surface area (Å²) in [6.07, 6.45) is 0. The predicted molar refractivity (Wildman–Crippen MR) is 101 cm³/mol. The largest absolute Gasteiger partial charge is 0.335 e. The number of aromatic nitrogens is 2. The van der Waals surface area contributed by atoms with Crippen LogP contribution in [-0.2, 0) is 16.1 Å². The van der Waals surface area contributed by atoms with Crippen molar-refractivity contribution in [3.8, 4) is 0 Å². The number of aryl methyl sites for hydroxylation is 1. The summed E-state index contributed by atoms with van der Waals surface area (Å²) in [7, 11) is 1.46. The molecule has 0 aliphatic rings. The lowest BCUT2D eigenvalue weighted by molar-refractivity contribution is -0.386. The average Bonchev–Trinajstić information content (AvgIpc) is 2.84. The molecular formula is C16H17Cl2N5O4. The molecule has 1 aromatic heterocycles. The maximum atomic E-state index is 12.3. The molecule has 27 heavy (non-hydrogen) atoms. The highest BCUT2D eigenvalue weighted by Gasteiger charge is 2.24. The average molecular weight is 414 g/mol. The van der Waals surface area contributed by atoms with Crippen LogP contribution in [0.25, 0.3) is 0 Å². The van der Waals surface area contributed by atoms with E-state index < -0.39 is 16.7 Å². The molecule has 0 unspecified atom stereocenters. The number of nitrogens with zero attached hydrogens (tertiary/aromatic N) is 4. The summed E-state index contributed by atoms with van der Waals surface area (Å²) in [5, 5.41) is 18.3. The highest BCUT2D eigenvalue weighted by molar-refractivity contribution is 6.42. The van der Waals surface area contributed by atoms with Gasteiger partial charge >= 0.3 is 5.69 Å². The van der Waals surface area contributed by atoms with Gasteiger partial charge in [0, 0.05) is 12.7 Å². The van der Waals surface area contributed by atoms with Crippen LogP contribution in [-0.4, -0.2) is 45.0 Å². The monoisotopic (exact) mass is 413 g/mol. The molecule has 2 aromatic rings. The summed E-state index contributed by atoms with van der Waals surface area (Å²) in [6.45, 7) is 2.60. The molecule has 0 radical (unpaired) electrons. The van der Waals surface area contributed by atoms with Gasteiger partial charge in [-0.25, -0.2) is 0 Å². The maximum absolute atomic E-state index is 12.3. The first-order valence-electron chi connectivity index (χ1n) is 7.77. The van der Waals surface area contributed by atoms with Gasteiger partial charge in [-0.05, 0) is 32.0 Å². The van der Waals surface area contributed by atoms with Gasteiger partial charge < -0.3 is 10.2 Å². The van der Waals surface area contributed by atoms with Crippen LogP contribution in [0.5, 0.6) is 0 Å². The molecule has 11 heteroatoms. The number of amides is 2. The molecule has 0 spiro atoms. The Morgan fingerprint density at radius 2 is 1.96 bits per heavy atom. The van der Waals surface area contributed by atoms with E-state index in [0.717, 1.165) is 0 Å². The Balaban J connectivity index is 1.99. The highest BCUT2D eigenvalue weighted by atomic mass is 35.5. The van der Waals surface area contributed by atoms with Crippen LogP contribution in [0.1, 0.15) is 11.4 Å². The van der Waals surface area contributed by atoms with Gasteiger partial charge in [-0.1, -0.05) is 23.2 Å². The van der Waals surface area contributed by atoms with Crippen molar-refractivity contribution in [3.05, 3.63) is 49.7 Å². The molecule has 0 aliphatic heterocycles. The van der Waals surface area contributed by atoms with Crippen LogP contribution in [0.15, 0.2) is 18.2 Å². The Morgan fingerprint density at radius 1 is 1.30 bits per heavy atom. The molecule has 0 bridgehead atoms. The summed E-state index contributed by atoms with van der Waals surface area (Å²) in [5.41, 5.74) is 0.831. The second-order valence-corrected chi connectivity index (χ2v) is 6.68. The number of rotatable bonds is 6. The van der Waals surface area contributed by atoms with Gasteiger partial charge in [-0.2, -0.15) is 5.10 Å². The molecule has 2 amide bonds. The van der Waals surface area contributed by atoms with Crippen molar-refractivity contribution in [1.82, 2.24) is 14.7 Å². The molecule has 1 heterocycles. The Hall–Kier alpha value is -2.65. The second kappa shape index (κ2) is 8.36. The van der Waals surface area contributed by atoms with Crippen molar-refractivity contribution in [2.45, 2.75) is 20.4 Å². The van der Waals surface area contributed by atoms with Gasteiger partial charge in [0.1, 0.15) is 17.9 Å². The van der Waals surface area contributed by atoms with Crippen LogP contribution in [0.3, 0.4) is 0 Å². The van der Waals surface area contributed by atoms with E-state index in [2.05, 4.69) is 10.4 Å². The summed E-state index contributed by atoms with van der Waals surface area (Å²) in [5.74, 6) is -0.844. The first-order chi connectivity index (χ1) is 12.6. The minimum Gasteiger partial charge on any atom is -0.335 e. The van der Waals surface area contributed by atoms with Crippen LogP contribution in [0, 0.1) is 24.0 Å². The Labute approximate surface area is 165 Å². The molecule has 1 aromatic carbocycles. The normalized spacial score (nSPS) is 10.6. The van der Waals surface area contributed by atoms with Gasteiger partial charge in [0.25, 0.3) is 0 Å². The Morgan fingerprint density at radius 3 is 2.52 bits per heavy atom. The Bertz CT molecular complexity index is 912. The van der Waals surface area contributed by atoms with E-state index in [1.54, 1.807) is 12.1 Å². The fourth-order valence-corrected chi connectivity index (χ4v) is 2.73. The number of benzene rings is 1. The fourth-order valence-electron chi connectivity index (χ4n) is 2.43. The van der Waals surface area contributed by atoms with E-state index in [4.69, 9.17) is 23.2 Å². The number of likely N-dealkylation sites (N-methyl/N-ethyl adjacent to an activating group) is 1. The molecule has 144 valence electrons. The van der Waals surface area contributed by atoms with E-state index in [1.807, 2.05) is 0 Å². The van der Waals surface area contributed by atoms with E-state index in [-0.39, 0.29) is 30.2 Å². The van der Waals surface area contributed by atoms with Gasteiger partial charge in [-0.3, -0.25) is 24.4 Å². The maximum Gasteiger partial charge on any atom is 0.312 e. The van der Waals surface area contributed by atoms with Crippen LogP contribution >= 0.6 is 23.2 Å². The van der Waals surface area contributed by atoms with Crippen LogP contribution < -0.4 is 5.32 Å². The molecule has 0 saturated carbocycles. The first kappa shape index (κ1) is 20.7. The number of nitro groups is 1. The van der Waals surface area contributed by atoms with E-state index >= 15 is 0 Å². The lowest BCUT2D eigenvalue weighted by Gasteiger charge is -2.17. The van der Waals surface area contributed by atoms with Crippen molar-refractivity contribution in [3.63, 3.8) is 0 Å². The predicted octanol–water partition coefficient (Wildman–Crippen LogP) is 2.81. The van der Waals surface area contributed by atoms with E-state index in [0.29, 0.717) is 15.7 Å². The zero-order chi connectivity index (χ0) is 20.3. The molecule has 0 atom stereocenters. The van der Waals surface area contributed by atoms with Crippen molar-refractivity contribution in [1.29, 1.82) is 0 Å². The van der Waals surface area contributed by atoms with Gasteiger partial charge in [0.2, 0.25) is 11.8 Å². The number of carbonyl (C=O) groups excluding carboxylic acids is 2. The third-order valence-electron chi connectivity index (χ3n) is 3.82. The molecule has 9 nitrogen and oxygen atoms in total. The lowest BCUT2D eigenvalue weighted by atomic mass is 10.3.